The molecule has 1 N–H and O–H groups in total. The molecular weight excluding hydrogens is 246 g/mol. The monoisotopic (exact) mass is 265 g/mol. The first-order valence-electron chi connectivity index (χ1n) is 5.88. The minimum absolute atomic E-state index is 0.0492. The number of carbonyl (C=O) groups excluding carboxylic acids is 1. The van der Waals surface area contributed by atoms with E-state index in [0.29, 0.717) is 18.0 Å². The first-order valence-corrected chi connectivity index (χ1v) is 5.88. The number of nitrogens with zero attached hydrogens (tertiary/aromatic N) is 1. The van der Waals surface area contributed by atoms with Gasteiger partial charge < -0.3 is 19.5 Å². The van der Waals surface area contributed by atoms with E-state index in [2.05, 4.69) is 0 Å². The van der Waals surface area contributed by atoms with E-state index >= 15 is 0 Å². The second-order valence-electron chi connectivity index (χ2n) is 3.93. The van der Waals surface area contributed by atoms with Gasteiger partial charge in [0.15, 0.2) is 11.5 Å². The molecular formula is C14H19NO4. The van der Waals surface area contributed by atoms with Crippen molar-refractivity contribution in [1.82, 2.24) is 4.90 Å². The van der Waals surface area contributed by atoms with Crippen LogP contribution in [0.5, 0.6) is 11.5 Å². The van der Waals surface area contributed by atoms with E-state index in [-0.39, 0.29) is 12.5 Å². The molecule has 0 aromatic heterocycles. The van der Waals surface area contributed by atoms with Crippen LogP contribution >= 0.6 is 0 Å². The molecule has 5 heteroatoms. The summed E-state index contributed by atoms with van der Waals surface area (Å²) in [6.07, 6.45) is 3.15. The van der Waals surface area contributed by atoms with Crippen molar-refractivity contribution in [3.63, 3.8) is 0 Å². The molecule has 0 saturated heterocycles. The van der Waals surface area contributed by atoms with Gasteiger partial charge in [0.05, 0.1) is 20.8 Å². The normalized spacial score (nSPS) is 10.5. The number of amides is 1. The van der Waals surface area contributed by atoms with Crippen molar-refractivity contribution in [2.45, 2.75) is 0 Å². The van der Waals surface area contributed by atoms with Crippen LogP contribution in [0.3, 0.4) is 0 Å². The SMILES string of the molecule is COc1ccc(/C=C/C(=O)N(C)CCO)cc1OC. The summed E-state index contributed by atoms with van der Waals surface area (Å²) in [6, 6.07) is 5.40. The quantitative estimate of drug-likeness (QED) is 0.784. The zero-order valence-corrected chi connectivity index (χ0v) is 11.4. The van der Waals surface area contributed by atoms with E-state index in [4.69, 9.17) is 14.6 Å². The molecule has 0 atom stereocenters. The molecule has 104 valence electrons. The molecule has 0 radical (unpaired) electrons. The van der Waals surface area contributed by atoms with Crippen LogP contribution in [0.2, 0.25) is 0 Å². The van der Waals surface area contributed by atoms with Crippen molar-refractivity contribution in [2.75, 3.05) is 34.4 Å². The molecule has 0 heterocycles. The van der Waals surface area contributed by atoms with Crippen molar-refractivity contribution in [1.29, 1.82) is 0 Å². The molecule has 0 aliphatic rings. The standard InChI is InChI=1S/C14H19NO4/c1-15(8-9-16)14(17)7-5-11-4-6-12(18-2)13(10-11)19-3/h4-7,10,16H,8-9H2,1-3H3/b7-5+. The third kappa shape index (κ3) is 4.30. The first kappa shape index (κ1) is 15.0. The zero-order chi connectivity index (χ0) is 14.3. The molecule has 1 amide bonds. The fourth-order valence-corrected chi connectivity index (χ4v) is 1.51. The Morgan fingerprint density at radius 1 is 1.32 bits per heavy atom. The Kier molecular flexibility index (Phi) is 5.89. The van der Waals surface area contributed by atoms with Crippen LogP contribution in [0.1, 0.15) is 5.56 Å². The highest BCUT2D eigenvalue weighted by Gasteiger charge is 2.05. The van der Waals surface area contributed by atoms with Crippen LogP contribution in [0.15, 0.2) is 24.3 Å². The first-order chi connectivity index (χ1) is 9.12. The maximum atomic E-state index is 11.7. The summed E-state index contributed by atoms with van der Waals surface area (Å²) in [5.41, 5.74) is 0.836. The van der Waals surface area contributed by atoms with Crippen molar-refractivity contribution in [2.24, 2.45) is 0 Å². The minimum atomic E-state index is -0.163. The number of ether oxygens (including phenoxy) is 2. The lowest BCUT2D eigenvalue weighted by molar-refractivity contribution is -0.125. The van der Waals surface area contributed by atoms with E-state index in [1.807, 2.05) is 6.07 Å². The van der Waals surface area contributed by atoms with Gasteiger partial charge in [0.25, 0.3) is 0 Å². The van der Waals surface area contributed by atoms with E-state index in [9.17, 15) is 4.79 Å². The Morgan fingerprint density at radius 3 is 2.58 bits per heavy atom. The number of likely N-dealkylation sites (N-methyl/N-ethyl adjacent to an activating group) is 1. The molecule has 0 fully saturated rings. The Morgan fingerprint density at radius 2 is 2.00 bits per heavy atom. The molecule has 19 heavy (non-hydrogen) atoms. The van der Waals surface area contributed by atoms with Crippen LogP contribution in [-0.4, -0.2) is 50.3 Å². The van der Waals surface area contributed by atoms with Crippen LogP contribution in [0.25, 0.3) is 6.08 Å². The number of aliphatic hydroxyl groups excluding tert-OH is 1. The average Bonchev–Trinajstić information content (AvgIpc) is 2.44. The van der Waals surface area contributed by atoms with Gasteiger partial charge in [0, 0.05) is 19.7 Å². The number of methoxy groups -OCH3 is 2. The summed E-state index contributed by atoms with van der Waals surface area (Å²) < 4.78 is 10.3. The molecule has 0 spiro atoms. The van der Waals surface area contributed by atoms with Gasteiger partial charge >= 0.3 is 0 Å². The predicted molar refractivity (Wildman–Crippen MR) is 73.3 cm³/mol. The molecule has 0 saturated carbocycles. The lowest BCUT2D eigenvalue weighted by Crippen LogP contribution is -2.27. The lowest BCUT2D eigenvalue weighted by atomic mass is 10.2. The van der Waals surface area contributed by atoms with E-state index < -0.39 is 0 Å². The number of hydrogen-bond donors (Lipinski definition) is 1. The minimum Gasteiger partial charge on any atom is -0.493 e. The highest BCUT2D eigenvalue weighted by molar-refractivity contribution is 5.91. The summed E-state index contributed by atoms with van der Waals surface area (Å²) in [5, 5.41) is 8.75. The fraction of sp³-hybridized carbons (Fsp3) is 0.357. The molecule has 0 aliphatic carbocycles. The van der Waals surface area contributed by atoms with E-state index in [0.717, 1.165) is 5.56 Å². The zero-order valence-electron chi connectivity index (χ0n) is 11.4. The molecule has 1 rings (SSSR count). The highest BCUT2D eigenvalue weighted by atomic mass is 16.5. The van der Waals surface area contributed by atoms with Crippen molar-refractivity contribution >= 4 is 12.0 Å². The van der Waals surface area contributed by atoms with Crippen molar-refractivity contribution in [3.8, 4) is 11.5 Å². The maximum absolute atomic E-state index is 11.7. The Bertz CT molecular complexity index is 457. The average molecular weight is 265 g/mol. The molecule has 0 bridgehead atoms. The van der Waals surface area contributed by atoms with Gasteiger partial charge in [-0.3, -0.25) is 4.79 Å². The molecule has 1 aromatic rings. The summed E-state index contributed by atoms with van der Waals surface area (Å²) in [5.74, 6) is 1.09. The van der Waals surface area contributed by atoms with Crippen molar-refractivity contribution in [3.05, 3.63) is 29.8 Å². The number of aliphatic hydroxyl groups is 1. The molecule has 5 nitrogen and oxygen atoms in total. The number of carbonyl (C=O) groups is 1. The van der Waals surface area contributed by atoms with Gasteiger partial charge in [-0.15, -0.1) is 0 Å². The lowest BCUT2D eigenvalue weighted by Gasteiger charge is -2.12. The summed E-state index contributed by atoms with van der Waals surface area (Å²) in [4.78, 5) is 13.1. The second kappa shape index (κ2) is 7.43. The van der Waals surface area contributed by atoms with Gasteiger partial charge in [-0.2, -0.15) is 0 Å². The Labute approximate surface area is 113 Å². The molecule has 0 aliphatic heterocycles. The highest BCUT2D eigenvalue weighted by Crippen LogP contribution is 2.27. The Balaban J connectivity index is 2.79. The van der Waals surface area contributed by atoms with Gasteiger partial charge in [0.2, 0.25) is 5.91 Å². The summed E-state index contributed by atoms with van der Waals surface area (Å²) in [7, 11) is 4.77. The second-order valence-corrected chi connectivity index (χ2v) is 3.93. The maximum Gasteiger partial charge on any atom is 0.246 e. The third-order valence-electron chi connectivity index (χ3n) is 2.64. The van der Waals surface area contributed by atoms with E-state index in [1.54, 1.807) is 39.5 Å². The summed E-state index contributed by atoms with van der Waals surface area (Å²) >= 11 is 0. The van der Waals surface area contributed by atoms with Crippen LogP contribution < -0.4 is 9.47 Å². The fourth-order valence-electron chi connectivity index (χ4n) is 1.51. The third-order valence-corrected chi connectivity index (χ3v) is 2.64. The van der Waals surface area contributed by atoms with Crippen molar-refractivity contribution < 1.29 is 19.4 Å². The summed E-state index contributed by atoms with van der Waals surface area (Å²) in [6.45, 7) is 0.265. The van der Waals surface area contributed by atoms with Gasteiger partial charge in [0.1, 0.15) is 0 Å². The van der Waals surface area contributed by atoms with E-state index in [1.165, 1.54) is 11.0 Å². The van der Waals surface area contributed by atoms with Gasteiger partial charge in [-0.25, -0.2) is 0 Å². The van der Waals surface area contributed by atoms with Crippen LogP contribution in [0.4, 0.5) is 0 Å². The van der Waals surface area contributed by atoms with Gasteiger partial charge in [-0.1, -0.05) is 6.07 Å². The number of benzene rings is 1. The predicted octanol–water partition coefficient (Wildman–Crippen LogP) is 1.17. The van der Waals surface area contributed by atoms with Gasteiger partial charge in [-0.05, 0) is 23.8 Å². The largest absolute Gasteiger partial charge is 0.493 e. The molecule has 1 aromatic carbocycles. The number of rotatable bonds is 6. The van der Waals surface area contributed by atoms with Crippen LogP contribution in [0, 0.1) is 0 Å². The van der Waals surface area contributed by atoms with Crippen LogP contribution in [-0.2, 0) is 4.79 Å². The number of hydrogen-bond acceptors (Lipinski definition) is 4. The molecule has 0 unspecified atom stereocenters. The Hall–Kier alpha value is -2.01. The topological polar surface area (TPSA) is 59.0 Å². The smallest absolute Gasteiger partial charge is 0.246 e.